The lowest BCUT2D eigenvalue weighted by atomic mass is 10.2. The average molecular weight is 638 g/mol. The minimum Gasteiger partial charge on any atom is -0.478 e. The number of nitrogens with one attached hydrogen (secondary N) is 1. The Labute approximate surface area is 238 Å². The van der Waals surface area contributed by atoms with E-state index in [9.17, 15) is 9.13 Å². The molecule has 0 aliphatic heterocycles. The third-order valence-electron chi connectivity index (χ3n) is 5.56. The predicted molar refractivity (Wildman–Crippen MR) is 162 cm³/mol. The fourth-order valence-corrected chi connectivity index (χ4v) is 6.45. The zero-order valence-electron chi connectivity index (χ0n) is 22.7. The Balaban J connectivity index is 1.96. The van der Waals surface area contributed by atoms with Crippen LogP contribution in [0.1, 0.15) is 25.8 Å². The molecule has 0 aromatic heterocycles. The van der Waals surface area contributed by atoms with Crippen LogP contribution in [0.4, 0.5) is 5.69 Å². The van der Waals surface area contributed by atoms with Crippen LogP contribution in [0.15, 0.2) is 53.6 Å². The van der Waals surface area contributed by atoms with E-state index in [1.54, 1.807) is 35.4 Å². The summed E-state index contributed by atoms with van der Waals surface area (Å²) in [6, 6.07) is 14.5. The third-order valence-corrected chi connectivity index (χ3v) is 11.7. The SMILES string of the molecule is CCC(C)(Oc1ccc(/C=N/NPOc2ccc(N(CP(=O)(OC)OC)CP(=O)(OC)OC)cc2)cc1)P=S. The quantitative estimate of drug-likeness (QED) is 0.0805. The van der Waals surface area contributed by atoms with Crippen molar-refractivity contribution in [3.05, 3.63) is 54.1 Å². The summed E-state index contributed by atoms with van der Waals surface area (Å²) in [6.45, 7) is 4.04. The van der Waals surface area contributed by atoms with Gasteiger partial charge in [-0.15, -0.1) is 0 Å². The molecule has 0 saturated heterocycles. The van der Waals surface area contributed by atoms with Crippen LogP contribution in [0.25, 0.3) is 0 Å². The van der Waals surface area contributed by atoms with Crippen LogP contribution in [-0.2, 0) is 39.0 Å². The molecule has 2 aromatic carbocycles. The molecule has 2 rings (SSSR count). The molecular formula is C23H35N3O8P4S. The number of ether oxygens (including phenoxy) is 1. The van der Waals surface area contributed by atoms with Crippen molar-refractivity contribution in [2.45, 2.75) is 25.6 Å². The molecule has 0 amide bonds. The first kappa shape index (κ1) is 33.8. The second-order valence-electron chi connectivity index (χ2n) is 8.13. The van der Waals surface area contributed by atoms with Gasteiger partial charge >= 0.3 is 15.2 Å². The Kier molecular flexibility index (Phi) is 14.0. The topological polar surface area (TPSA) is 117 Å². The van der Waals surface area contributed by atoms with Gasteiger partial charge < -0.3 is 32.3 Å². The molecule has 0 spiro atoms. The summed E-state index contributed by atoms with van der Waals surface area (Å²) >= 11 is 5.17. The van der Waals surface area contributed by atoms with Crippen molar-refractivity contribution >= 4 is 55.2 Å². The zero-order chi connectivity index (χ0) is 28.9. The molecule has 2 unspecified atom stereocenters. The van der Waals surface area contributed by atoms with Gasteiger partial charge in [-0.1, -0.05) is 18.7 Å². The monoisotopic (exact) mass is 637 g/mol. The Hall–Kier alpha value is -1.44. The molecule has 0 fully saturated rings. The lowest BCUT2D eigenvalue weighted by Crippen LogP contribution is -2.27. The highest BCUT2D eigenvalue weighted by Gasteiger charge is 2.32. The minimum atomic E-state index is -3.46. The van der Waals surface area contributed by atoms with Gasteiger partial charge in [-0.2, -0.15) is 5.10 Å². The minimum absolute atomic E-state index is 0.143. The molecule has 0 aliphatic rings. The molecule has 11 nitrogen and oxygen atoms in total. The van der Waals surface area contributed by atoms with Crippen molar-refractivity contribution in [1.29, 1.82) is 0 Å². The van der Waals surface area contributed by atoms with Crippen LogP contribution < -0.4 is 19.4 Å². The van der Waals surface area contributed by atoms with Gasteiger partial charge in [-0.3, -0.25) is 14.3 Å². The van der Waals surface area contributed by atoms with Crippen molar-refractivity contribution in [3.63, 3.8) is 0 Å². The van der Waals surface area contributed by atoms with Crippen LogP contribution in [0.2, 0.25) is 0 Å². The Morgan fingerprint density at radius 2 is 1.46 bits per heavy atom. The number of anilines is 1. The third kappa shape index (κ3) is 10.8. The molecule has 0 bridgehead atoms. The van der Waals surface area contributed by atoms with Crippen molar-refractivity contribution in [2.24, 2.45) is 5.10 Å². The maximum atomic E-state index is 12.8. The molecule has 2 atom stereocenters. The summed E-state index contributed by atoms with van der Waals surface area (Å²) in [5.41, 5.74) is 1.49. The van der Waals surface area contributed by atoms with E-state index in [0.29, 0.717) is 11.4 Å². The van der Waals surface area contributed by atoms with E-state index in [-0.39, 0.29) is 26.9 Å². The smallest absolute Gasteiger partial charge is 0.349 e. The zero-order valence-corrected chi connectivity index (χ0v) is 27.2. The predicted octanol–water partition coefficient (Wildman–Crippen LogP) is 6.80. The van der Waals surface area contributed by atoms with Crippen molar-refractivity contribution in [3.8, 4) is 11.5 Å². The highest BCUT2D eigenvalue weighted by atomic mass is 32.4. The van der Waals surface area contributed by atoms with E-state index in [1.165, 1.54) is 28.4 Å². The van der Waals surface area contributed by atoms with Gasteiger partial charge in [-0.05, 0) is 67.4 Å². The standard InChI is InChI=1S/C23H35N3O8P4S/c1-7-23(2,35-39)33-21-12-8-19(9-13-21)16-24-25-36-34-22-14-10-20(11-15-22)26(17-37(27,29-3)30-4)18-38(28,31-5)32-6/h8-16,25,36H,7,17-18H2,1-6H3/b24-16+. The molecule has 0 radical (unpaired) electrons. The highest BCUT2D eigenvalue weighted by molar-refractivity contribution is 7.97. The molecule has 2 aromatic rings. The molecule has 216 valence electrons. The lowest BCUT2D eigenvalue weighted by molar-refractivity contribution is 0.180. The van der Waals surface area contributed by atoms with Crippen LogP contribution in [0.5, 0.6) is 11.5 Å². The van der Waals surface area contributed by atoms with Crippen LogP contribution >= 0.6 is 31.5 Å². The molecule has 1 N–H and O–H groups in total. The largest absolute Gasteiger partial charge is 0.478 e. The summed E-state index contributed by atoms with van der Waals surface area (Å²) in [6.07, 6.45) is 2.18. The van der Waals surface area contributed by atoms with Gasteiger partial charge in [0.05, 0.1) is 6.21 Å². The summed E-state index contributed by atoms with van der Waals surface area (Å²) < 4.78 is 57.4. The second kappa shape index (κ2) is 16.1. The number of benzene rings is 2. The first-order valence-corrected chi connectivity index (χ1v) is 17.9. The van der Waals surface area contributed by atoms with Gasteiger partial charge in [0.1, 0.15) is 24.1 Å². The van der Waals surface area contributed by atoms with E-state index in [0.717, 1.165) is 25.1 Å². The average Bonchev–Trinajstić information content (AvgIpc) is 2.97. The van der Waals surface area contributed by atoms with Gasteiger partial charge in [0, 0.05) is 41.5 Å². The first-order chi connectivity index (χ1) is 18.6. The molecule has 0 saturated carbocycles. The summed E-state index contributed by atoms with van der Waals surface area (Å²) in [4.78, 5) is 1.56. The van der Waals surface area contributed by atoms with Crippen LogP contribution in [-0.4, -0.2) is 52.6 Å². The van der Waals surface area contributed by atoms with E-state index in [4.69, 9.17) is 39.2 Å². The van der Waals surface area contributed by atoms with Crippen LogP contribution in [0.3, 0.4) is 0 Å². The van der Waals surface area contributed by atoms with Gasteiger partial charge in [0.15, 0.2) is 14.3 Å². The van der Waals surface area contributed by atoms with E-state index >= 15 is 0 Å². The summed E-state index contributed by atoms with van der Waals surface area (Å²) in [5, 5.41) is 6.67. The maximum absolute atomic E-state index is 12.8. The molecule has 16 heteroatoms. The Morgan fingerprint density at radius 3 is 1.92 bits per heavy atom. The van der Waals surface area contributed by atoms with E-state index < -0.39 is 15.2 Å². The number of hydrogen-bond acceptors (Lipinski definition) is 12. The number of hydrazone groups is 1. The second-order valence-corrected chi connectivity index (χ2v) is 14.9. The van der Waals surface area contributed by atoms with Crippen molar-refractivity contribution in [2.75, 3.05) is 45.9 Å². The van der Waals surface area contributed by atoms with Crippen molar-refractivity contribution in [1.82, 2.24) is 5.20 Å². The molecule has 39 heavy (non-hydrogen) atoms. The number of rotatable bonds is 18. The number of nitrogens with zero attached hydrogens (tertiary/aromatic N) is 2. The molecular weight excluding hydrogens is 602 g/mol. The fraction of sp³-hybridized carbons (Fsp3) is 0.435. The van der Waals surface area contributed by atoms with E-state index in [1.807, 2.05) is 38.1 Å². The summed E-state index contributed by atoms with van der Waals surface area (Å²) in [7, 11) is -1.14. The fourth-order valence-electron chi connectivity index (χ4n) is 2.98. The van der Waals surface area contributed by atoms with Gasteiger partial charge in [0.25, 0.3) is 0 Å². The van der Waals surface area contributed by atoms with Gasteiger partial charge in [-0.25, -0.2) is 0 Å². The Morgan fingerprint density at radius 1 is 0.949 bits per heavy atom. The number of hydrogen-bond donors (Lipinski definition) is 1. The van der Waals surface area contributed by atoms with Crippen LogP contribution in [0, 0.1) is 0 Å². The molecule has 0 aliphatic carbocycles. The molecule has 0 heterocycles. The van der Waals surface area contributed by atoms with Gasteiger partial charge in [0.2, 0.25) is 0 Å². The first-order valence-electron chi connectivity index (χ1n) is 11.7. The summed E-state index contributed by atoms with van der Waals surface area (Å²) in [5.74, 6) is 1.33. The van der Waals surface area contributed by atoms with Crippen molar-refractivity contribution < 1.29 is 36.5 Å². The Bertz CT molecular complexity index is 1130. The lowest BCUT2D eigenvalue weighted by Gasteiger charge is -2.29. The normalized spacial score (nSPS) is 14.1. The maximum Gasteiger partial charge on any atom is 0.349 e. The van der Waals surface area contributed by atoms with E-state index in [2.05, 4.69) is 10.3 Å². The highest BCUT2D eigenvalue weighted by Crippen LogP contribution is 2.52.